The van der Waals surface area contributed by atoms with E-state index in [9.17, 15) is 4.79 Å². The molecule has 2 aromatic rings. The number of hydrogen-bond acceptors (Lipinski definition) is 5. The number of carbonyl (C=O) groups excluding carboxylic acids is 1. The molecule has 6 heteroatoms. The summed E-state index contributed by atoms with van der Waals surface area (Å²) in [5.41, 5.74) is 1.73. The molecule has 0 saturated carbocycles. The molecule has 0 saturated heterocycles. The third-order valence-corrected chi connectivity index (χ3v) is 3.26. The van der Waals surface area contributed by atoms with Crippen LogP contribution in [0.2, 0.25) is 0 Å². The molecule has 0 fully saturated rings. The number of nitrogens with one attached hydrogen (secondary N) is 1. The molecule has 1 aromatic carbocycles. The van der Waals surface area contributed by atoms with Crippen LogP contribution in [0.25, 0.3) is 0 Å². The van der Waals surface area contributed by atoms with E-state index in [1.165, 1.54) is 18.9 Å². The molecule has 0 aliphatic rings. The maximum absolute atomic E-state index is 11.2. The third kappa shape index (κ3) is 3.96. The van der Waals surface area contributed by atoms with Crippen molar-refractivity contribution in [3.8, 4) is 0 Å². The highest BCUT2D eigenvalue weighted by atomic mass is 32.2. The minimum atomic E-state index is -0.478. The van der Waals surface area contributed by atoms with Gasteiger partial charge in [0.1, 0.15) is 0 Å². The van der Waals surface area contributed by atoms with Gasteiger partial charge in [-0.1, -0.05) is 30.0 Å². The lowest BCUT2D eigenvalue weighted by atomic mass is 10.2. The number of amides is 1. The van der Waals surface area contributed by atoms with E-state index in [2.05, 4.69) is 20.0 Å². The highest BCUT2D eigenvalue weighted by molar-refractivity contribution is 7.98. The van der Waals surface area contributed by atoms with Crippen molar-refractivity contribution in [1.82, 2.24) is 9.97 Å². The molecule has 1 aromatic heterocycles. The van der Waals surface area contributed by atoms with Gasteiger partial charge in [0.2, 0.25) is 0 Å². The van der Waals surface area contributed by atoms with Crippen LogP contribution in [0, 0.1) is 0 Å². The summed E-state index contributed by atoms with van der Waals surface area (Å²) in [7, 11) is 1.34. The first-order valence-corrected chi connectivity index (χ1v) is 6.61. The van der Waals surface area contributed by atoms with E-state index >= 15 is 0 Å². The monoisotopic (exact) mass is 275 g/mol. The number of para-hydroxylation sites is 1. The molecule has 1 N–H and O–H groups in total. The predicted molar refractivity (Wildman–Crippen MR) is 74.1 cm³/mol. The highest BCUT2D eigenvalue weighted by Gasteiger charge is 2.07. The van der Waals surface area contributed by atoms with E-state index in [-0.39, 0.29) is 0 Å². The molecular weight excluding hydrogens is 262 g/mol. The number of thioether (sulfide) groups is 1. The lowest BCUT2D eigenvalue weighted by Gasteiger charge is -2.09. The van der Waals surface area contributed by atoms with Crippen LogP contribution in [0.1, 0.15) is 5.56 Å². The van der Waals surface area contributed by atoms with E-state index in [0.717, 1.165) is 11.3 Å². The van der Waals surface area contributed by atoms with Crippen LogP contribution in [-0.4, -0.2) is 23.2 Å². The molecule has 0 aliphatic carbocycles. The standard InChI is InChI=1S/C13H13N3O2S/c1-18-13(17)16-11-6-3-2-5-10(11)9-19-12-14-7-4-8-15-12/h2-8H,9H2,1H3,(H,16,17). The molecule has 0 unspecified atom stereocenters. The second-order valence-corrected chi connectivity index (χ2v) is 4.54. The van der Waals surface area contributed by atoms with Gasteiger partial charge < -0.3 is 4.74 Å². The molecule has 5 nitrogen and oxygen atoms in total. The Morgan fingerprint density at radius 1 is 1.26 bits per heavy atom. The minimum absolute atomic E-state index is 0.478. The highest BCUT2D eigenvalue weighted by Crippen LogP contribution is 2.24. The Labute approximate surface area is 115 Å². The minimum Gasteiger partial charge on any atom is -0.453 e. The van der Waals surface area contributed by atoms with Crippen LogP contribution in [-0.2, 0) is 10.5 Å². The molecule has 0 radical (unpaired) electrons. The summed E-state index contributed by atoms with van der Waals surface area (Å²) in [6, 6.07) is 9.33. The fourth-order valence-corrected chi connectivity index (χ4v) is 2.24. The van der Waals surface area contributed by atoms with E-state index < -0.39 is 6.09 Å². The maximum Gasteiger partial charge on any atom is 0.411 e. The number of methoxy groups -OCH3 is 1. The molecule has 1 heterocycles. The fourth-order valence-electron chi connectivity index (χ4n) is 1.43. The molecule has 19 heavy (non-hydrogen) atoms. The smallest absolute Gasteiger partial charge is 0.411 e. The van der Waals surface area contributed by atoms with Crippen molar-refractivity contribution in [3.05, 3.63) is 48.3 Å². The number of ether oxygens (including phenoxy) is 1. The van der Waals surface area contributed by atoms with Gasteiger partial charge in [-0.15, -0.1) is 0 Å². The molecule has 0 spiro atoms. The van der Waals surface area contributed by atoms with Crippen LogP contribution in [0.15, 0.2) is 47.9 Å². The van der Waals surface area contributed by atoms with Gasteiger partial charge in [-0.2, -0.15) is 0 Å². The lowest BCUT2D eigenvalue weighted by Crippen LogP contribution is -2.12. The second-order valence-electron chi connectivity index (χ2n) is 3.59. The van der Waals surface area contributed by atoms with Crippen molar-refractivity contribution < 1.29 is 9.53 Å². The van der Waals surface area contributed by atoms with E-state index in [0.29, 0.717) is 10.9 Å². The van der Waals surface area contributed by atoms with Crippen molar-refractivity contribution >= 4 is 23.5 Å². The Balaban J connectivity index is 2.05. The molecule has 0 atom stereocenters. The van der Waals surface area contributed by atoms with Gasteiger partial charge in [0.25, 0.3) is 0 Å². The number of nitrogens with zero attached hydrogens (tertiary/aromatic N) is 2. The molecule has 0 bridgehead atoms. The van der Waals surface area contributed by atoms with Gasteiger partial charge in [-0.05, 0) is 17.7 Å². The van der Waals surface area contributed by atoms with Gasteiger partial charge in [-0.25, -0.2) is 14.8 Å². The normalized spacial score (nSPS) is 9.95. The van der Waals surface area contributed by atoms with Crippen molar-refractivity contribution in [2.75, 3.05) is 12.4 Å². The van der Waals surface area contributed by atoms with Crippen molar-refractivity contribution in [2.24, 2.45) is 0 Å². The Morgan fingerprint density at radius 2 is 2.00 bits per heavy atom. The van der Waals surface area contributed by atoms with Gasteiger partial charge >= 0.3 is 6.09 Å². The van der Waals surface area contributed by atoms with Crippen molar-refractivity contribution in [2.45, 2.75) is 10.9 Å². The number of aromatic nitrogens is 2. The summed E-state index contributed by atoms with van der Waals surface area (Å²) >= 11 is 1.51. The van der Waals surface area contributed by atoms with Crippen molar-refractivity contribution in [1.29, 1.82) is 0 Å². The van der Waals surface area contributed by atoms with E-state index in [4.69, 9.17) is 0 Å². The Kier molecular flexibility index (Phi) is 4.74. The number of rotatable bonds is 4. The van der Waals surface area contributed by atoms with E-state index in [1.54, 1.807) is 18.5 Å². The summed E-state index contributed by atoms with van der Waals surface area (Å²) < 4.78 is 4.59. The lowest BCUT2D eigenvalue weighted by molar-refractivity contribution is 0.187. The average Bonchev–Trinajstić information content (AvgIpc) is 2.47. The number of carbonyl (C=O) groups is 1. The van der Waals surface area contributed by atoms with Crippen LogP contribution >= 0.6 is 11.8 Å². The summed E-state index contributed by atoms with van der Waals surface area (Å²) in [6.45, 7) is 0. The third-order valence-electron chi connectivity index (χ3n) is 2.34. The van der Waals surface area contributed by atoms with Crippen LogP contribution in [0.5, 0.6) is 0 Å². The quantitative estimate of drug-likeness (QED) is 0.686. The first-order valence-electron chi connectivity index (χ1n) is 5.62. The first-order chi connectivity index (χ1) is 9.29. The number of anilines is 1. The first kappa shape index (κ1) is 13.4. The Morgan fingerprint density at radius 3 is 2.74 bits per heavy atom. The molecular formula is C13H13N3O2S. The van der Waals surface area contributed by atoms with Crippen LogP contribution < -0.4 is 5.32 Å². The zero-order chi connectivity index (χ0) is 13.5. The zero-order valence-corrected chi connectivity index (χ0v) is 11.2. The summed E-state index contributed by atoms with van der Waals surface area (Å²) in [5, 5.41) is 3.39. The zero-order valence-electron chi connectivity index (χ0n) is 10.4. The Bertz CT molecular complexity index is 549. The predicted octanol–water partition coefficient (Wildman–Crippen LogP) is 2.95. The second kappa shape index (κ2) is 6.75. The topological polar surface area (TPSA) is 64.1 Å². The average molecular weight is 275 g/mol. The summed E-state index contributed by atoms with van der Waals surface area (Å²) in [5.74, 6) is 0.671. The molecule has 98 valence electrons. The fraction of sp³-hybridized carbons (Fsp3) is 0.154. The number of hydrogen-bond donors (Lipinski definition) is 1. The van der Waals surface area contributed by atoms with Crippen LogP contribution in [0.4, 0.5) is 10.5 Å². The maximum atomic E-state index is 11.2. The number of benzene rings is 1. The molecule has 1 amide bonds. The summed E-state index contributed by atoms with van der Waals surface area (Å²) in [6.07, 6.45) is 2.93. The summed E-state index contributed by atoms with van der Waals surface area (Å²) in [4.78, 5) is 19.5. The molecule has 0 aliphatic heterocycles. The van der Waals surface area contributed by atoms with Gasteiger partial charge in [0.05, 0.1) is 7.11 Å². The van der Waals surface area contributed by atoms with Gasteiger partial charge in [0.15, 0.2) is 5.16 Å². The largest absolute Gasteiger partial charge is 0.453 e. The van der Waals surface area contributed by atoms with E-state index in [1.807, 2.05) is 24.3 Å². The van der Waals surface area contributed by atoms with Gasteiger partial charge in [-0.3, -0.25) is 5.32 Å². The van der Waals surface area contributed by atoms with Crippen LogP contribution in [0.3, 0.4) is 0 Å². The SMILES string of the molecule is COC(=O)Nc1ccccc1CSc1ncccn1. The van der Waals surface area contributed by atoms with Gasteiger partial charge in [0, 0.05) is 23.8 Å². The Hall–Kier alpha value is -2.08. The molecule has 2 rings (SSSR count). The van der Waals surface area contributed by atoms with Crippen molar-refractivity contribution in [3.63, 3.8) is 0 Å².